The fourth-order valence-electron chi connectivity index (χ4n) is 1.71. The second-order valence-electron chi connectivity index (χ2n) is 3.69. The van der Waals surface area contributed by atoms with E-state index in [0.29, 0.717) is 25.7 Å². The van der Waals surface area contributed by atoms with Crippen LogP contribution in [0.1, 0.15) is 25.7 Å². The molecule has 1 rings (SSSR count). The van der Waals surface area contributed by atoms with Gasteiger partial charge in [-0.1, -0.05) is 0 Å². The molecule has 1 saturated carbocycles. The van der Waals surface area contributed by atoms with E-state index in [-0.39, 0.29) is 6.04 Å². The number of rotatable bonds is 4. The molecule has 0 aromatic heterocycles. The molecule has 0 aromatic carbocycles. The Morgan fingerprint density at radius 2 is 1.87 bits per heavy atom. The summed E-state index contributed by atoms with van der Waals surface area (Å²) in [5.74, 6) is 0. The number of hydrogen-bond donors (Lipinski definition) is 1. The first-order valence-corrected chi connectivity index (χ1v) is 6.54. The van der Waals surface area contributed by atoms with E-state index in [4.69, 9.17) is 0 Å². The van der Waals surface area contributed by atoms with E-state index >= 15 is 0 Å². The van der Waals surface area contributed by atoms with Gasteiger partial charge in [0.15, 0.2) is 0 Å². The molecule has 8 heteroatoms. The van der Waals surface area contributed by atoms with Gasteiger partial charge in [0.1, 0.15) is 6.10 Å². The minimum absolute atomic E-state index is 0.119. The second kappa shape index (κ2) is 4.75. The van der Waals surface area contributed by atoms with Crippen molar-refractivity contribution in [3.05, 3.63) is 10.1 Å². The number of nitrogens with zero attached hydrogens (tertiary/aromatic N) is 1. The zero-order valence-corrected chi connectivity index (χ0v) is 9.20. The summed E-state index contributed by atoms with van der Waals surface area (Å²) in [7, 11) is -3.19. The fourth-order valence-corrected chi connectivity index (χ4v) is 2.55. The SMILES string of the molecule is CS(=O)(=O)N[C@H]1CC[C@H](O[N+](=O)[O-])CC1. The normalized spacial score (nSPS) is 27.3. The molecule has 0 unspecified atom stereocenters. The first kappa shape index (κ1) is 12.2. The van der Waals surface area contributed by atoms with Crippen molar-refractivity contribution >= 4 is 10.0 Å². The fraction of sp³-hybridized carbons (Fsp3) is 1.00. The third-order valence-electron chi connectivity index (χ3n) is 2.29. The third kappa shape index (κ3) is 4.93. The summed E-state index contributed by atoms with van der Waals surface area (Å²) in [6.07, 6.45) is 2.88. The van der Waals surface area contributed by atoms with Crippen LogP contribution >= 0.6 is 0 Å². The van der Waals surface area contributed by atoms with Crippen LogP contribution in [-0.4, -0.2) is 31.9 Å². The monoisotopic (exact) mass is 238 g/mol. The first-order chi connectivity index (χ1) is 6.87. The van der Waals surface area contributed by atoms with Gasteiger partial charge in [0.05, 0.1) is 6.26 Å². The van der Waals surface area contributed by atoms with Crippen molar-refractivity contribution in [1.29, 1.82) is 0 Å². The molecule has 0 aliphatic heterocycles. The van der Waals surface area contributed by atoms with Gasteiger partial charge in [0.2, 0.25) is 10.0 Å². The summed E-state index contributed by atoms with van der Waals surface area (Å²) in [6.45, 7) is 0. The lowest BCUT2D eigenvalue weighted by atomic mass is 9.94. The molecule has 0 aromatic rings. The molecular formula is C7H14N2O5S. The molecule has 0 bridgehead atoms. The molecule has 0 radical (unpaired) electrons. The Hall–Kier alpha value is -0.890. The highest BCUT2D eigenvalue weighted by Crippen LogP contribution is 2.21. The van der Waals surface area contributed by atoms with E-state index in [9.17, 15) is 18.5 Å². The second-order valence-corrected chi connectivity index (χ2v) is 5.47. The molecule has 1 N–H and O–H groups in total. The molecule has 0 saturated heterocycles. The summed E-state index contributed by atoms with van der Waals surface area (Å²) in [5, 5.41) is 9.25. The smallest absolute Gasteiger partial charge is 0.294 e. The maximum absolute atomic E-state index is 10.9. The van der Waals surface area contributed by atoms with E-state index in [1.807, 2.05) is 0 Å². The standard InChI is InChI=1S/C7H14N2O5S/c1-15(12,13)8-6-2-4-7(5-3-6)14-9(10)11/h6-8H,2-5H2,1H3/t6-,7-. The van der Waals surface area contributed by atoms with Crippen LogP contribution in [0, 0.1) is 10.1 Å². The van der Waals surface area contributed by atoms with Crippen LogP contribution in [-0.2, 0) is 14.9 Å². The van der Waals surface area contributed by atoms with Crippen LogP contribution in [0.15, 0.2) is 0 Å². The molecule has 1 aliphatic carbocycles. The summed E-state index contributed by atoms with van der Waals surface area (Å²) in [4.78, 5) is 14.5. The van der Waals surface area contributed by atoms with Gasteiger partial charge in [-0.2, -0.15) is 0 Å². The zero-order valence-electron chi connectivity index (χ0n) is 8.38. The van der Waals surface area contributed by atoms with E-state index in [0.717, 1.165) is 6.26 Å². The van der Waals surface area contributed by atoms with Crippen LogP contribution in [0.3, 0.4) is 0 Å². The summed E-state index contributed by atoms with van der Waals surface area (Å²) in [5.41, 5.74) is 0. The Morgan fingerprint density at radius 1 is 1.33 bits per heavy atom. The molecule has 0 atom stereocenters. The average molecular weight is 238 g/mol. The largest absolute Gasteiger partial charge is 0.311 e. The summed E-state index contributed by atoms with van der Waals surface area (Å²) >= 11 is 0. The van der Waals surface area contributed by atoms with Crippen molar-refractivity contribution in [2.24, 2.45) is 0 Å². The molecular weight excluding hydrogens is 224 g/mol. The van der Waals surface area contributed by atoms with Gasteiger partial charge in [0.25, 0.3) is 5.09 Å². The Kier molecular flexibility index (Phi) is 3.86. The highest BCUT2D eigenvalue weighted by Gasteiger charge is 2.25. The predicted molar refractivity (Wildman–Crippen MR) is 52.1 cm³/mol. The van der Waals surface area contributed by atoms with Gasteiger partial charge < -0.3 is 4.84 Å². The summed E-state index contributed by atoms with van der Waals surface area (Å²) < 4.78 is 24.3. The summed E-state index contributed by atoms with van der Waals surface area (Å²) in [6, 6.07) is -0.119. The maximum atomic E-state index is 10.9. The Bertz CT molecular complexity index is 320. The molecule has 1 aliphatic rings. The Balaban J connectivity index is 2.33. The van der Waals surface area contributed by atoms with Gasteiger partial charge in [-0.3, -0.25) is 0 Å². The lowest BCUT2D eigenvalue weighted by Crippen LogP contribution is -2.38. The zero-order chi connectivity index (χ0) is 11.5. The van der Waals surface area contributed by atoms with E-state index in [1.54, 1.807) is 0 Å². The molecule has 0 amide bonds. The molecule has 7 nitrogen and oxygen atoms in total. The van der Waals surface area contributed by atoms with Crippen molar-refractivity contribution in [3.63, 3.8) is 0 Å². The van der Waals surface area contributed by atoms with Gasteiger partial charge in [0, 0.05) is 6.04 Å². The first-order valence-electron chi connectivity index (χ1n) is 4.65. The van der Waals surface area contributed by atoms with E-state index in [2.05, 4.69) is 9.56 Å². The maximum Gasteiger partial charge on any atom is 0.294 e. The van der Waals surface area contributed by atoms with Crippen LogP contribution in [0.4, 0.5) is 0 Å². The number of nitrogens with one attached hydrogen (secondary N) is 1. The van der Waals surface area contributed by atoms with Gasteiger partial charge in [-0.15, -0.1) is 10.1 Å². The minimum atomic E-state index is -3.19. The lowest BCUT2D eigenvalue weighted by molar-refractivity contribution is -0.769. The van der Waals surface area contributed by atoms with Crippen LogP contribution < -0.4 is 4.72 Å². The highest BCUT2D eigenvalue weighted by atomic mass is 32.2. The Labute approximate surface area is 88.0 Å². The molecule has 0 heterocycles. The van der Waals surface area contributed by atoms with Crippen molar-refractivity contribution < 1.29 is 18.3 Å². The lowest BCUT2D eigenvalue weighted by Gasteiger charge is -2.26. The van der Waals surface area contributed by atoms with E-state index < -0.39 is 21.2 Å². The van der Waals surface area contributed by atoms with Crippen molar-refractivity contribution in [2.75, 3.05) is 6.26 Å². The molecule has 1 fully saturated rings. The molecule has 88 valence electrons. The Morgan fingerprint density at radius 3 is 2.27 bits per heavy atom. The highest BCUT2D eigenvalue weighted by molar-refractivity contribution is 7.88. The van der Waals surface area contributed by atoms with Crippen molar-refractivity contribution in [2.45, 2.75) is 37.8 Å². The topological polar surface area (TPSA) is 98.5 Å². The van der Waals surface area contributed by atoms with Gasteiger partial charge >= 0.3 is 0 Å². The van der Waals surface area contributed by atoms with Crippen LogP contribution in [0.2, 0.25) is 0 Å². The van der Waals surface area contributed by atoms with Gasteiger partial charge in [-0.25, -0.2) is 13.1 Å². The molecule has 0 spiro atoms. The van der Waals surface area contributed by atoms with E-state index in [1.165, 1.54) is 0 Å². The third-order valence-corrected chi connectivity index (χ3v) is 3.05. The predicted octanol–water partition coefficient (Wildman–Crippen LogP) is 0.0551. The minimum Gasteiger partial charge on any atom is -0.311 e. The van der Waals surface area contributed by atoms with Crippen LogP contribution in [0.5, 0.6) is 0 Å². The number of hydrogen-bond acceptors (Lipinski definition) is 5. The van der Waals surface area contributed by atoms with Gasteiger partial charge in [-0.05, 0) is 25.7 Å². The van der Waals surface area contributed by atoms with Crippen molar-refractivity contribution in [1.82, 2.24) is 4.72 Å². The molecule has 15 heavy (non-hydrogen) atoms. The van der Waals surface area contributed by atoms with Crippen LogP contribution in [0.25, 0.3) is 0 Å². The van der Waals surface area contributed by atoms with Crippen molar-refractivity contribution in [3.8, 4) is 0 Å². The quantitative estimate of drug-likeness (QED) is 0.551. The number of sulfonamides is 1. The average Bonchev–Trinajstić information content (AvgIpc) is 2.05.